The Bertz CT molecular complexity index is 476. The Balaban J connectivity index is 2.37. The highest BCUT2D eigenvalue weighted by Gasteiger charge is 2.14. The van der Waals surface area contributed by atoms with E-state index in [9.17, 15) is 0 Å². The van der Waals surface area contributed by atoms with E-state index in [4.69, 9.17) is 0 Å². The van der Waals surface area contributed by atoms with Crippen LogP contribution in [-0.2, 0) is 12.5 Å². The SMILES string of the molecule is Cn1nnnc1-c1ccc(C(C)(C)C)cc1. The summed E-state index contributed by atoms with van der Waals surface area (Å²) in [7, 11) is 1.84. The molecule has 1 aromatic carbocycles. The molecule has 1 aromatic heterocycles. The van der Waals surface area contributed by atoms with E-state index >= 15 is 0 Å². The average molecular weight is 216 g/mol. The smallest absolute Gasteiger partial charge is 0.181 e. The molecule has 0 radical (unpaired) electrons. The third-order valence-corrected chi connectivity index (χ3v) is 2.63. The lowest BCUT2D eigenvalue weighted by Crippen LogP contribution is -2.10. The lowest BCUT2D eigenvalue weighted by molar-refractivity contribution is 0.590. The number of aryl methyl sites for hydroxylation is 1. The highest BCUT2D eigenvalue weighted by molar-refractivity contribution is 5.55. The van der Waals surface area contributed by atoms with Crippen molar-refractivity contribution in [3.63, 3.8) is 0 Å². The molecule has 0 atom stereocenters. The molecule has 2 rings (SSSR count). The van der Waals surface area contributed by atoms with E-state index in [0.717, 1.165) is 11.4 Å². The number of rotatable bonds is 1. The van der Waals surface area contributed by atoms with Gasteiger partial charge in [-0.2, -0.15) is 0 Å². The Morgan fingerprint density at radius 3 is 2.12 bits per heavy atom. The zero-order valence-corrected chi connectivity index (χ0v) is 10.1. The van der Waals surface area contributed by atoms with Crippen LogP contribution in [0.3, 0.4) is 0 Å². The van der Waals surface area contributed by atoms with Crippen LogP contribution in [0, 0.1) is 0 Å². The van der Waals surface area contributed by atoms with Crippen LogP contribution in [0.25, 0.3) is 11.4 Å². The van der Waals surface area contributed by atoms with Gasteiger partial charge in [0, 0.05) is 12.6 Å². The second-order valence-electron chi connectivity index (χ2n) is 4.95. The molecule has 0 bridgehead atoms. The fourth-order valence-electron chi connectivity index (χ4n) is 1.59. The monoisotopic (exact) mass is 216 g/mol. The van der Waals surface area contributed by atoms with Crippen molar-refractivity contribution in [3.8, 4) is 11.4 Å². The Labute approximate surface area is 95.3 Å². The lowest BCUT2D eigenvalue weighted by atomic mass is 9.87. The van der Waals surface area contributed by atoms with Crippen LogP contribution in [0.5, 0.6) is 0 Å². The van der Waals surface area contributed by atoms with Gasteiger partial charge in [0.1, 0.15) is 0 Å². The summed E-state index contributed by atoms with van der Waals surface area (Å²) >= 11 is 0. The number of hydrogen-bond acceptors (Lipinski definition) is 3. The molecule has 0 aliphatic carbocycles. The fraction of sp³-hybridized carbons (Fsp3) is 0.417. The quantitative estimate of drug-likeness (QED) is 0.733. The number of nitrogens with zero attached hydrogens (tertiary/aromatic N) is 4. The van der Waals surface area contributed by atoms with E-state index in [2.05, 4.69) is 60.6 Å². The first-order valence-electron chi connectivity index (χ1n) is 5.32. The Kier molecular flexibility index (Phi) is 2.50. The summed E-state index contributed by atoms with van der Waals surface area (Å²) in [5.74, 6) is 0.792. The zero-order valence-electron chi connectivity index (χ0n) is 10.1. The van der Waals surface area contributed by atoms with Gasteiger partial charge < -0.3 is 0 Å². The van der Waals surface area contributed by atoms with E-state index in [1.54, 1.807) is 4.68 Å². The number of hydrogen-bond donors (Lipinski definition) is 0. The molecular weight excluding hydrogens is 200 g/mol. The standard InChI is InChI=1S/C12H16N4/c1-12(2,3)10-7-5-9(6-8-10)11-13-14-15-16(11)4/h5-8H,1-4H3. The molecule has 0 unspecified atom stereocenters. The van der Waals surface area contributed by atoms with E-state index in [-0.39, 0.29) is 5.41 Å². The predicted molar refractivity (Wildman–Crippen MR) is 62.9 cm³/mol. The molecule has 4 nitrogen and oxygen atoms in total. The van der Waals surface area contributed by atoms with Gasteiger partial charge in [-0.05, 0) is 21.4 Å². The molecule has 0 aliphatic rings. The maximum Gasteiger partial charge on any atom is 0.181 e. The molecule has 0 spiro atoms. The summed E-state index contributed by atoms with van der Waals surface area (Å²) in [6.45, 7) is 6.60. The molecule has 4 heteroatoms. The molecule has 1 heterocycles. The van der Waals surface area contributed by atoms with Crippen LogP contribution in [0.2, 0.25) is 0 Å². The van der Waals surface area contributed by atoms with Crippen molar-refractivity contribution in [2.24, 2.45) is 7.05 Å². The van der Waals surface area contributed by atoms with Crippen LogP contribution < -0.4 is 0 Å². The van der Waals surface area contributed by atoms with Gasteiger partial charge in [-0.15, -0.1) is 5.10 Å². The van der Waals surface area contributed by atoms with Gasteiger partial charge in [-0.1, -0.05) is 45.0 Å². The molecular formula is C12H16N4. The summed E-state index contributed by atoms with van der Waals surface area (Å²) in [5, 5.41) is 11.4. The van der Waals surface area contributed by atoms with Crippen LogP contribution in [0.4, 0.5) is 0 Å². The zero-order chi connectivity index (χ0) is 11.8. The maximum absolute atomic E-state index is 3.98. The Hall–Kier alpha value is -1.71. The Morgan fingerprint density at radius 2 is 1.69 bits per heavy atom. The molecule has 0 saturated carbocycles. The van der Waals surface area contributed by atoms with E-state index < -0.39 is 0 Å². The molecule has 0 N–H and O–H groups in total. The summed E-state index contributed by atoms with van der Waals surface area (Å²) in [6.07, 6.45) is 0. The first-order valence-corrected chi connectivity index (χ1v) is 5.32. The molecule has 16 heavy (non-hydrogen) atoms. The van der Waals surface area contributed by atoms with Gasteiger partial charge in [0.2, 0.25) is 0 Å². The third-order valence-electron chi connectivity index (χ3n) is 2.63. The lowest BCUT2D eigenvalue weighted by Gasteiger charge is -2.18. The maximum atomic E-state index is 3.98. The molecule has 0 fully saturated rings. The van der Waals surface area contributed by atoms with Gasteiger partial charge in [0.15, 0.2) is 5.82 Å². The number of aromatic nitrogens is 4. The predicted octanol–water partition coefficient (Wildman–Crippen LogP) is 2.17. The number of tetrazole rings is 1. The fourth-order valence-corrected chi connectivity index (χ4v) is 1.59. The van der Waals surface area contributed by atoms with E-state index in [1.165, 1.54) is 5.56 Å². The molecule has 0 amide bonds. The van der Waals surface area contributed by atoms with Gasteiger partial charge in [0.05, 0.1) is 0 Å². The van der Waals surface area contributed by atoms with Crippen LogP contribution >= 0.6 is 0 Å². The summed E-state index contributed by atoms with van der Waals surface area (Å²) < 4.78 is 1.67. The molecule has 84 valence electrons. The van der Waals surface area contributed by atoms with E-state index in [1.807, 2.05) is 7.05 Å². The molecule has 0 aliphatic heterocycles. The highest BCUT2D eigenvalue weighted by Crippen LogP contribution is 2.24. The second kappa shape index (κ2) is 3.70. The average Bonchev–Trinajstić information content (AvgIpc) is 2.63. The van der Waals surface area contributed by atoms with Crippen LogP contribution in [0.1, 0.15) is 26.3 Å². The van der Waals surface area contributed by atoms with Crippen molar-refractivity contribution in [1.82, 2.24) is 20.2 Å². The van der Waals surface area contributed by atoms with Crippen molar-refractivity contribution in [1.29, 1.82) is 0 Å². The second-order valence-corrected chi connectivity index (χ2v) is 4.95. The van der Waals surface area contributed by atoms with Gasteiger partial charge in [-0.3, -0.25) is 0 Å². The largest absolute Gasteiger partial charge is 0.229 e. The first-order chi connectivity index (χ1) is 7.48. The van der Waals surface area contributed by atoms with Crippen LogP contribution in [-0.4, -0.2) is 20.2 Å². The van der Waals surface area contributed by atoms with Gasteiger partial charge in [-0.25, -0.2) is 4.68 Å². The van der Waals surface area contributed by atoms with E-state index in [0.29, 0.717) is 0 Å². The highest BCUT2D eigenvalue weighted by atomic mass is 15.5. The normalized spacial score (nSPS) is 11.8. The van der Waals surface area contributed by atoms with Gasteiger partial charge in [0.25, 0.3) is 0 Å². The molecule has 2 aromatic rings. The number of benzene rings is 1. The van der Waals surface area contributed by atoms with Crippen molar-refractivity contribution >= 4 is 0 Å². The van der Waals surface area contributed by atoms with Crippen LogP contribution in [0.15, 0.2) is 24.3 Å². The summed E-state index contributed by atoms with van der Waals surface area (Å²) in [6, 6.07) is 8.38. The third kappa shape index (κ3) is 1.96. The molecule has 0 saturated heterocycles. The topological polar surface area (TPSA) is 43.6 Å². The van der Waals surface area contributed by atoms with Crippen molar-refractivity contribution in [2.75, 3.05) is 0 Å². The van der Waals surface area contributed by atoms with Crippen molar-refractivity contribution < 1.29 is 0 Å². The minimum absolute atomic E-state index is 0.177. The Morgan fingerprint density at radius 1 is 1.06 bits per heavy atom. The van der Waals surface area contributed by atoms with Crippen molar-refractivity contribution in [2.45, 2.75) is 26.2 Å². The van der Waals surface area contributed by atoms with Crippen molar-refractivity contribution in [3.05, 3.63) is 29.8 Å². The summed E-state index contributed by atoms with van der Waals surface area (Å²) in [5.41, 5.74) is 2.53. The first kappa shape index (κ1) is 10.8. The summed E-state index contributed by atoms with van der Waals surface area (Å²) in [4.78, 5) is 0. The van der Waals surface area contributed by atoms with Gasteiger partial charge >= 0.3 is 0 Å². The minimum Gasteiger partial charge on any atom is -0.229 e. The minimum atomic E-state index is 0.177.